The van der Waals surface area contributed by atoms with E-state index in [0.29, 0.717) is 12.0 Å². The van der Waals surface area contributed by atoms with Crippen molar-refractivity contribution in [1.29, 1.82) is 0 Å². The number of nitrogens with zero attached hydrogens (tertiary/aromatic N) is 3. The summed E-state index contributed by atoms with van der Waals surface area (Å²) >= 11 is 0. The molecular formula is C41H40BN7O6. The minimum atomic E-state index is -1.11. The van der Waals surface area contributed by atoms with Crippen molar-refractivity contribution in [3.05, 3.63) is 144 Å². The largest absolute Gasteiger partial charge is 0.445 e. The Morgan fingerprint density at radius 3 is 2.15 bits per heavy atom. The van der Waals surface area contributed by atoms with Gasteiger partial charge in [0, 0.05) is 37.0 Å². The summed E-state index contributed by atoms with van der Waals surface area (Å²) in [5.41, 5.74) is 4.17. The molecule has 4 aromatic carbocycles. The van der Waals surface area contributed by atoms with Gasteiger partial charge in [-0.15, -0.1) is 0 Å². The number of urea groups is 1. The molecule has 1 aromatic heterocycles. The number of ether oxygens (including phenoxy) is 1. The number of nitrogens with one attached hydrogen (secondary N) is 4. The SMILES string of the molecule is Bc1ccc(CC(NC(=O)OCc2cccnc2)C(=O)NC(Cc2ccc3ccccc3c2)C(=O)NC(C=NN2CC(=O)NC2=O)Cc2ccccc2)cc1. The molecule has 14 heteroatoms. The molecule has 1 saturated heterocycles. The third-order valence-electron chi connectivity index (χ3n) is 8.93. The number of pyridine rings is 1. The first-order valence-electron chi connectivity index (χ1n) is 17.8. The molecule has 4 N–H and O–H groups in total. The van der Waals surface area contributed by atoms with Crippen LogP contribution in [-0.4, -0.2) is 78.6 Å². The molecule has 0 bridgehead atoms. The van der Waals surface area contributed by atoms with Crippen molar-refractivity contribution in [2.24, 2.45) is 5.10 Å². The topological polar surface area (TPSA) is 171 Å². The first-order chi connectivity index (χ1) is 26.7. The van der Waals surface area contributed by atoms with Crippen LogP contribution in [0.5, 0.6) is 0 Å². The van der Waals surface area contributed by atoms with E-state index in [1.165, 1.54) is 6.21 Å². The summed E-state index contributed by atoms with van der Waals surface area (Å²) in [6, 6.07) is 30.5. The average Bonchev–Trinajstić information content (AvgIpc) is 3.52. The molecule has 1 aliphatic heterocycles. The highest BCUT2D eigenvalue weighted by molar-refractivity contribution is 6.32. The van der Waals surface area contributed by atoms with Crippen LogP contribution in [0.3, 0.4) is 0 Å². The summed E-state index contributed by atoms with van der Waals surface area (Å²) in [6.07, 6.45) is 4.32. The molecule has 2 heterocycles. The molecule has 1 aliphatic rings. The molecule has 6 amide bonds. The van der Waals surface area contributed by atoms with Crippen LogP contribution in [0.2, 0.25) is 0 Å². The summed E-state index contributed by atoms with van der Waals surface area (Å²) in [4.78, 5) is 69.6. The lowest BCUT2D eigenvalue weighted by atomic mass is 9.93. The van der Waals surface area contributed by atoms with Gasteiger partial charge in [-0.05, 0) is 39.9 Å². The monoisotopic (exact) mass is 737 g/mol. The van der Waals surface area contributed by atoms with Gasteiger partial charge in [-0.3, -0.25) is 24.7 Å². The van der Waals surface area contributed by atoms with Crippen molar-refractivity contribution in [3.8, 4) is 0 Å². The van der Waals surface area contributed by atoms with E-state index in [1.807, 2.05) is 105 Å². The van der Waals surface area contributed by atoms with Crippen molar-refractivity contribution in [2.75, 3.05) is 6.54 Å². The Hall–Kier alpha value is -6.83. The molecule has 0 aliphatic carbocycles. The highest BCUT2D eigenvalue weighted by Crippen LogP contribution is 2.17. The van der Waals surface area contributed by atoms with E-state index in [1.54, 1.807) is 24.5 Å². The lowest BCUT2D eigenvalue weighted by Gasteiger charge is -2.25. The van der Waals surface area contributed by atoms with Crippen LogP contribution >= 0.6 is 0 Å². The standard InChI is InChI=1S/C41H40BN7O6/c42-33-16-13-28(14-17-33)21-36(47-41(54)55-26-30-9-6-18-43-23-30)39(52)46-35(22-29-12-15-31-10-4-5-11-32(31)19-29)38(51)45-34(20-27-7-2-1-3-8-27)24-44-49-25-37(50)48-40(49)53/h1-19,23-24,34-36H,20-22,25-26,42H2,(H,45,51)(H,46,52)(H,47,54)(H,48,50,53). The second-order valence-electron chi connectivity index (χ2n) is 13.3. The maximum absolute atomic E-state index is 14.3. The number of benzene rings is 4. The van der Waals surface area contributed by atoms with Gasteiger partial charge in [0.15, 0.2) is 0 Å². The van der Waals surface area contributed by atoms with Crippen LogP contribution in [0, 0.1) is 0 Å². The smallest absolute Gasteiger partial charge is 0.408 e. The number of hydrazone groups is 1. The zero-order chi connectivity index (χ0) is 38.6. The third kappa shape index (κ3) is 11.1. The van der Waals surface area contributed by atoms with Crippen LogP contribution in [-0.2, 0) is 45.0 Å². The van der Waals surface area contributed by atoms with Crippen molar-refractivity contribution in [3.63, 3.8) is 0 Å². The minimum absolute atomic E-state index is 0.0524. The number of alkyl carbamates (subject to hydrolysis) is 1. The van der Waals surface area contributed by atoms with E-state index in [0.717, 1.165) is 37.9 Å². The summed E-state index contributed by atoms with van der Waals surface area (Å²) < 4.78 is 5.43. The lowest BCUT2D eigenvalue weighted by molar-refractivity contribution is -0.130. The first-order valence-corrected chi connectivity index (χ1v) is 17.8. The number of carbonyl (C=O) groups is 5. The van der Waals surface area contributed by atoms with E-state index in [4.69, 9.17) is 4.74 Å². The number of hydrogen-bond donors (Lipinski definition) is 4. The fourth-order valence-corrected chi connectivity index (χ4v) is 6.05. The molecule has 6 rings (SSSR count). The van der Waals surface area contributed by atoms with Crippen molar-refractivity contribution in [2.45, 2.75) is 44.0 Å². The molecule has 13 nitrogen and oxygen atoms in total. The number of aromatic nitrogens is 1. The highest BCUT2D eigenvalue weighted by Gasteiger charge is 2.30. The molecule has 3 unspecified atom stereocenters. The number of hydrogen-bond acceptors (Lipinski definition) is 8. The van der Waals surface area contributed by atoms with Gasteiger partial charge in [0.25, 0.3) is 0 Å². The second kappa shape index (κ2) is 18.3. The van der Waals surface area contributed by atoms with E-state index < -0.39 is 48.0 Å². The lowest BCUT2D eigenvalue weighted by Crippen LogP contribution is -2.56. The predicted octanol–water partition coefficient (Wildman–Crippen LogP) is 2.32. The molecule has 1 fully saturated rings. The minimum Gasteiger partial charge on any atom is -0.445 e. The van der Waals surface area contributed by atoms with Gasteiger partial charge in [0.2, 0.25) is 17.7 Å². The van der Waals surface area contributed by atoms with E-state index >= 15 is 0 Å². The summed E-state index contributed by atoms with van der Waals surface area (Å²) in [7, 11) is 1.95. The van der Waals surface area contributed by atoms with Crippen LogP contribution in [0.25, 0.3) is 10.8 Å². The molecule has 278 valence electrons. The maximum Gasteiger partial charge on any atom is 0.408 e. The van der Waals surface area contributed by atoms with Gasteiger partial charge in [0.05, 0.1) is 6.04 Å². The number of rotatable bonds is 15. The predicted molar refractivity (Wildman–Crippen MR) is 210 cm³/mol. The van der Waals surface area contributed by atoms with Crippen LogP contribution in [0.1, 0.15) is 22.3 Å². The van der Waals surface area contributed by atoms with E-state index in [2.05, 4.69) is 31.4 Å². The highest BCUT2D eigenvalue weighted by atomic mass is 16.5. The van der Waals surface area contributed by atoms with Crippen molar-refractivity contribution < 1.29 is 28.7 Å². The van der Waals surface area contributed by atoms with Gasteiger partial charge in [-0.2, -0.15) is 5.10 Å². The maximum atomic E-state index is 14.3. The Labute approximate surface area is 319 Å². The average molecular weight is 738 g/mol. The Kier molecular flexibility index (Phi) is 12.6. The summed E-state index contributed by atoms with van der Waals surface area (Å²) in [5, 5.41) is 17.9. The van der Waals surface area contributed by atoms with Gasteiger partial charge < -0.3 is 20.7 Å². The number of carbonyl (C=O) groups excluding carboxylic acids is 5. The molecule has 0 spiro atoms. The summed E-state index contributed by atoms with van der Waals surface area (Å²) in [5.74, 6) is -1.61. The van der Waals surface area contributed by atoms with Crippen LogP contribution in [0.4, 0.5) is 9.59 Å². The number of amides is 6. The van der Waals surface area contributed by atoms with Crippen molar-refractivity contribution in [1.82, 2.24) is 31.3 Å². The normalized spacial score (nSPS) is 14.2. The fraction of sp³-hybridized carbons (Fsp3) is 0.195. The van der Waals surface area contributed by atoms with E-state index in [-0.39, 0.29) is 26.0 Å². The number of fused-ring (bicyclic) bond motifs is 1. The van der Waals surface area contributed by atoms with Gasteiger partial charge in [0.1, 0.15) is 33.1 Å². The third-order valence-corrected chi connectivity index (χ3v) is 8.93. The van der Waals surface area contributed by atoms with Gasteiger partial charge in [-0.1, -0.05) is 109 Å². The van der Waals surface area contributed by atoms with Gasteiger partial charge in [-0.25, -0.2) is 14.6 Å². The molecule has 55 heavy (non-hydrogen) atoms. The molecule has 0 saturated carbocycles. The Balaban J connectivity index is 1.26. The number of imide groups is 1. The van der Waals surface area contributed by atoms with E-state index in [9.17, 15) is 24.0 Å². The molecule has 5 aromatic rings. The molecule has 0 radical (unpaired) electrons. The zero-order valence-corrected chi connectivity index (χ0v) is 30.2. The van der Waals surface area contributed by atoms with Crippen LogP contribution in [0.15, 0.2) is 127 Å². The second-order valence-corrected chi connectivity index (χ2v) is 13.3. The van der Waals surface area contributed by atoms with Crippen molar-refractivity contribution >= 4 is 60.1 Å². The van der Waals surface area contributed by atoms with Gasteiger partial charge >= 0.3 is 12.1 Å². The quantitative estimate of drug-likeness (QED) is 0.0726. The summed E-state index contributed by atoms with van der Waals surface area (Å²) in [6.45, 7) is -0.300. The fourth-order valence-electron chi connectivity index (χ4n) is 6.05. The Morgan fingerprint density at radius 2 is 1.42 bits per heavy atom. The first kappa shape index (κ1) is 37.9. The molecule has 3 atom stereocenters. The Bertz CT molecular complexity index is 2170. The zero-order valence-electron chi connectivity index (χ0n) is 30.2. The van der Waals surface area contributed by atoms with Crippen LogP contribution < -0.4 is 26.7 Å². The Morgan fingerprint density at radius 1 is 0.764 bits per heavy atom. The molecular weight excluding hydrogens is 697 g/mol.